The minimum Gasteiger partial charge on any atom is -0.352 e. The highest BCUT2D eigenvalue weighted by atomic mass is 35.5. The standard InChI is InChI=1S/C34H34Cl2FN3O4S/c1-3-24(2)38-34(42)32(18-25-12-6-4-7-13-25)39(22-26-14-10-11-17-31(26)37)33(41)23-40(29-20-27(35)19-28(36)21-29)45(43,44)30-15-8-5-9-16-30/h4-17,19-21,24,32H,3,18,22-23H2,1-2H3,(H,38,42)/t24-,32-/m0/s1. The van der Waals surface area contributed by atoms with E-state index in [1.165, 1.54) is 53.4 Å². The van der Waals surface area contributed by atoms with Gasteiger partial charge in [0.2, 0.25) is 11.8 Å². The molecule has 0 saturated heterocycles. The fourth-order valence-electron chi connectivity index (χ4n) is 4.74. The summed E-state index contributed by atoms with van der Waals surface area (Å²) in [7, 11) is -4.33. The van der Waals surface area contributed by atoms with Crippen molar-refractivity contribution in [3.63, 3.8) is 0 Å². The Kier molecular flexibility index (Phi) is 11.6. The van der Waals surface area contributed by atoms with E-state index in [2.05, 4.69) is 5.32 Å². The van der Waals surface area contributed by atoms with Gasteiger partial charge in [0.1, 0.15) is 18.4 Å². The topological polar surface area (TPSA) is 86.8 Å². The Morgan fingerprint density at radius 2 is 1.44 bits per heavy atom. The molecule has 2 amide bonds. The molecular formula is C34H34Cl2FN3O4S. The number of sulfonamides is 1. The van der Waals surface area contributed by atoms with Gasteiger partial charge in [0.05, 0.1) is 10.6 Å². The van der Waals surface area contributed by atoms with Crippen molar-refractivity contribution in [1.29, 1.82) is 0 Å². The van der Waals surface area contributed by atoms with Crippen LogP contribution in [0.4, 0.5) is 10.1 Å². The predicted octanol–water partition coefficient (Wildman–Crippen LogP) is 6.88. The van der Waals surface area contributed by atoms with Crippen molar-refractivity contribution < 1.29 is 22.4 Å². The zero-order valence-electron chi connectivity index (χ0n) is 24.9. The number of nitrogens with zero attached hydrogens (tertiary/aromatic N) is 2. The molecule has 7 nitrogen and oxygen atoms in total. The van der Waals surface area contributed by atoms with E-state index >= 15 is 4.39 Å². The summed E-state index contributed by atoms with van der Waals surface area (Å²) in [6, 6.07) is 25.6. The molecule has 0 aliphatic carbocycles. The molecule has 0 radical (unpaired) electrons. The molecule has 0 heterocycles. The van der Waals surface area contributed by atoms with Crippen molar-refractivity contribution in [3.05, 3.63) is 130 Å². The summed E-state index contributed by atoms with van der Waals surface area (Å²) in [5, 5.41) is 3.27. The number of rotatable bonds is 13. The van der Waals surface area contributed by atoms with Gasteiger partial charge in [-0.15, -0.1) is 0 Å². The van der Waals surface area contributed by atoms with Crippen LogP contribution < -0.4 is 9.62 Å². The highest BCUT2D eigenvalue weighted by Crippen LogP contribution is 2.30. The van der Waals surface area contributed by atoms with Gasteiger partial charge in [0.15, 0.2) is 0 Å². The summed E-state index contributed by atoms with van der Waals surface area (Å²) in [6.45, 7) is 2.76. The summed E-state index contributed by atoms with van der Waals surface area (Å²) in [5.41, 5.74) is 0.992. The fraction of sp³-hybridized carbons (Fsp3) is 0.235. The number of nitrogens with one attached hydrogen (secondary N) is 1. The van der Waals surface area contributed by atoms with Crippen molar-refractivity contribution in [2.75, 3.05) is 10.8 Å². The number of amides is 2. The summed E-state index contributed by atoms with van der Waals surface area (Å²) in [6.07, 6.45) is 0.751. The van der Waals surface area contributed by atoms with E-state index in [0.717, 1.165) is 9.87 Å². The molecule has 2 atom stereocenters. The van der Waals surface area contributed by atoms with E-state index < -0.39 is 40.2 Å². The molecule has 4 rings (SSSR count). The van der Waals surface area contributed by atoms with Crippen LogP contribution in [-0.4, -0.2) is 43.8 Å². The summed E-state index contributed by atoms with van der Waals surface area (Å²) >= 11 is 12.5. The van der Waals surface area contributed by atoms with Crippen LogP contribution in [0.1, 0.15) is 31.4 Å². The molecule has 11 heteroatoms. The second kappa shape index (κ2) is 15.4. The molecule has 0 saturated carbocycles. The van der Waals surface area contributed by atoms with Gasteiger partial charge in [-0.25, -0.2) is 12.8 Å². The Bertz CT molecular complexity index is 1710. The van der Waals surface area contributed by atoms with Gasteiger partial charge in [0.25, 0.3) is 10.0 Å². The minimum absolute atomic E-state index is 0.0548. The third-order valence-electron chi connectivity index (χ3n) is 7.32. The molecule has 0 aliphatic rings. The lowest BCUT2D eigenvalue weighted by molar-refractivity contribution is -0.140. The average molecular weight is 671 g/mol. The Labute approximate surface area is 273 Å². The van der Waals surface area contributed by atoms with Crippen LogP contribution >= 0.6 is 23.2 Å². The SMILES string of the molecule is CC[C@H](C)NC(=O)[C@H](Cc1ccccc1)N(Cc1ccccc1F)C(=O)CN(c1cc(Cl)cc(Cl)c1)S(=O)(=O)c1ccccc1. The lowest BCUT2D eigenvalue weighted by Gasteiger charge is -2.34. The second-order valence-corrected chi connectivity index (χ2v) is 13.3. The zero-order valence-corrected chi connectivity index (χ0v) is 27.2. The Hall–Kier alpha value is -3.92. The van der Waals surface area contributed by atoms with Crippen molar-refractivity contribution >= 4 is 50.7 Å². The van der Waals surface area contributed by atoms with Crippen LogP contribution in [0.15, 0.2) is 108 Å². The van der Waals surface area contributed by atoms with Gasteiger partial charge in [0, 0.05) is 34.6 Å². The average Bonchev–Trinajstić information content (AvgIpc) is 3.02. The van der Waals surface area contributed by atoms with Gasteiger partial charge >= 0.3 is 0 Å². The smallest absolute Gasteiger partial charge is 0.264 e. The van der Waals surface area contributed by atoms with Gasteiger partial charge in [-0.05, 0) is 55.3 Å². The Balaban J connectivity index is 1.83. The number of halogens is 3. The fourth-order valence-corrected chi connectivity index (χ4v) is 6.67. The summed E-state index contributed by atoms with van der Waals surface area (Å²) in [5.74, 6) is -1.73. The van der Waals surface area contributed by atoms with E-state index in [-0.39, 0.29) is 45.2 Å². The molecular weight excluding hydrogens is 636 g/mol. The Morgan fingerprint density at radius 3 is 2.04 bits per heavy atom. The van der Waals surface area contributed by atoms with E-state index in [9.17, 15) is 18.0 Å². The highest BCUT2D eigenvalue weighted by Gasteiger charge is 2.35. The normalized spacial score (nSPS) is 12.6. The van der Waals surface area contributed by atoms with Gasteiger partial charge < -0.3 is 10.2 Å². The molecule has 0 bridgehead atoms. The molecule has 4 aromatic carbocycles. The number of carbonyl (C=O) groups excluding carboxylic acids is 2. The summed E-state index contributed by atoms with van der Waals surface area (Å²) < 4.78 is 44.0. The first-order valence-electron chi connectivity index (χ1n) is 14.4. The van der Waals surface area contributed by atoms with Crippen LogP contribution in [0, 0.1) is 5.82 Å². The van der Waals surface area contributed by atoms with Crippen LogP contribution in [0.5, 0.6) is 0 Å². The van der Waals surface area contributed by atoms with E-state index in [0.29, 0.717) is 6.42 Å². The molecule has 45 heavy (non-hydrogen) atoms. The number of hydrogen-bond acceptors (Lipinski definition) is 4. The first kappa shape index (κ1) is 34.0. The lowest BCUT2D eigenvalue weighted by Crippen LogP contribution is -2.54. The zero-order chi connectivity index (χ0) is 32.6. The predicted molar refractivity (Wildman–Crippen MR) is 176 cm³/mol. The van der Waals surface area contributed by atoms with Gasteiger partial charge in [-0.1, -0.05) is 96.9 Å². The molecule has 0 aromatic heterocycles. The first-order valence-corrected chi connectivity index (χ1v) is 16.6. The molecule has 0 unspecified atom stereocenters. The van der Waals surface area contributed by atoms with Crippen molar-refractivity contribution in [3.8, 4) is 0 Å². The lowest BCUT2D eigenvalue weighted by atomic mass is 10.0. The number of benzene rings is 4. The quantitative estimate of drug-likeness (QED) is 0.168. The second-order valence-electron chi connectivity index (χ2n) is 10.6. The van der Waals surface area contributed by atoms with E-state index in [4.69, 9.17) is 23.2 Å². The van der Waals surface area contributed by atoms with Crippen molar-refractivity contribution in [2.45, 2.75) is 50.2 Å². The maximum atomic E-state index is 15.0. The van der Waals surface area contributed by atoms with Gasteiger partial charge in [-0.3, -0.25) is 13.9 Å². The van der Waals surface area contributed by atoms with E-state index in [1.54, 1.807) is 24.3 Å². The van der Waals surface area contributed by atoms with Crippen LogP contribution in [0.2, 0.25) is 10.0 Å². The van der Waals surface area contributed by atoms with Crippen LogP contribution in [0.25, 0.3) is 0 Å². The third kappa shape index (κ3) is 8.84. The molecule has 4 aromatic rings. The van der Waals surface area contributed by atoms with Crippen LogP contribution in [-0.2, 0) is 32.6 Å². The molecule has 0 spiro atoms. The maximum absolute atomic E-state index is 15.0. The number of anilines is 1. The molecule has 236 valence electrons. The largest absolute Gasteiger partial charge is 0.352 e. The Morgan fingerprint density at radius 1 is 0.867 bits per heavy atom. The van der Waals surface area contributed by atoms with E-state index in [1.807, 2.05) is 44.2 Å². The first-order chi connectivity index (χ1) is 21.5. The van der Waals surface area contributed by atoms with Crippen molar-refractivity contribution in [1.82, 2.24) is 10.2 Å². The highest BCUT2D eigenvalue weighted by molar-refractivity contribution is 7.92. The minimum atomic E-state index is -4.33. The van der Waals surface area contributed by atoms with Gasteiger partial charge in [-0.2, -0.15) is 0 Å². The number of hydrogen-bond donors (Lipinski definition) is 1. The third-order valence-corrected chi connectivity index (χ3v) is 9.54. The number of carbonyl (C=O) groups is 2. The monoisotopic (exact) mass is 669 g/mol. The molecule has 1 N–H and O–H groups in total. The maximum Gasteiger partial charge on any atom is 0.264 e. The van der Waals surface area contributed by atoms with Crippen LogP contribution in [0.3, 0.4) is 0 Å². The molecule has 0 fully saturated rings. The molecule has 0 aliphatic heterocycles. The van der Waals surface area contributed by atoms with Crippen molar-refractivity contribution in [2.24, 2.45) is 0 Å². The summed E-state index contributed by atoms with van der Waals surface area (Å²) in [4.78, 5) is 29.4.